The molecule has 1 aromatic rings. The Balaban J connectivity index is 0.00000128. The van der Waals surface area contributed by atoms with Gasteiger partial charge in [0.25, 0.3) is 0 Å². The number of hydrogen-bond donors (Lipinski definition) is 2. The second-order valence-electron chi connectivity index (χ2n) is 3.80. The van der Waals surface area contributed by atoms with E-state index in [1.54, 1.807) is 11.3 Å². The summed E-state index contributed by atoms with van der Waals surface area (Å²) < 4.78 is 0. The molecule has 6 heteroatoms. The van der Waals surface area contributed by atoms with E-state index in [0.717, 1.165) is 18.0 Å². The van der Waals surface area contributed by atoms with Gasteiger partial charge in [0, 0.05) is 30.1 Å². The van der Waals surface area contributed by atoms with Crippen LogP contribution in [0.25, 0.3) is 0 Å². The van der Waals surface area contributed by atoms with Gasteiger partial charge in [-0.3, -0.25) is 4.99 Å². The SMILES string of the molecule is Cc1cnc(CCN=C(N)NC2CC2)s1.I. The molecule has 16 heavy (non-hydrogen) atoms. The van der Waals surface area contributed by atoms with Crippen molar-refractivity contribution in [3.8, 4) is 0 Å². The molecule has 1 aliphatic rings. The third kappa shape index (κ3) is 4.65. The monoisotopic (exact) mass is 352 g/mol. The molecule has 1 heterocycles. The number of rotatable bonds is 4. The Bertz CT molecular complexity index is 359. The van der Waals surface area contributed by atoms with Crippen molar-refractivity contribution in [2.45, 2.75) is 32.2 Å². The molecule has 3 N–H and O–H groups in total. The summed E-state index contributed by atoms with van der Waals surface area (Å²) in [6.45, 7) is 2.78. The first-order valence-electron chi connectivity index (χ1n) is 5.22. The van der Waals surface area contributed by atoms with Gasteiger partial charge in [0.2, 0.25) is 0 Å². The van der Waals surface area contributed by atoms with E-state index in [2.05, 4.69) is 22.2 Å². The highest BCUT2D eigenvalue weighted by Gasteiger charge is 2.21. The molecule has 0 amide bonds. The number of nitrogens with one attached hydrogen (secondary N) is 1. The summed E-state index contributed by atoms with van der Waals surface area (Å²) in [5.41, 5.74) is 5.71. The Hall–Kier alpha value is -0.370. The maximum Gasteiger partial charge on any atom is 0.188 e. The van der Waals surface area contributed by atoms with Crippen LogP contribution in [0.1, 0.15) is 22.7 Å². The first kappa shape index (κ1) is 13.7. The van der Waals surface area contributed by atoms with Gasteiger partial charge in [-0.1, -0.05) is 0 Å². The number of thiazole rings is 1. The van der Waals surface area contributed by atoms with Crippen molar-refractivity contribution in [2.24, 2.45) is 10.7 Å². The van der Waals surface area contributed by atoms with E-state index in [1.165, 1.54) is 17.7 Å². The normalized spacial score (nSPS) is 15.7. The van der Waals surface area contributed by atoms with E-state index < -0.39 is 0 Å². The number of guanidine groups is 1. The largest absolute Gasteiger partial charge is 0.370 e. The molecule has 0 aromatic carbocycles. The van der Waals surface area contributed by atoms with Crippen LogP contribution in [0.3, 0.4) is 0 Å². The summed E-state index contributed by atoms with van der Waals surface area (Å²) >= 11 is 1.72. The molecule has 0 aliphatic heterocycles. The zero-order valence-electron chi connectivity index (χ0n) is 9.27. The minimum Gasteiger partial charge on any atom is -0.370 e. The summed E-state index contributed by atoms with van der Waals surface area (Å²) in [6.07, 6.45) is 5.23. The number of halogens is 1. The van der Waals surface area contributed by atoms with Crippen molar-refractivity contribution in [3.05, 3.63) is 16.1 Å². The molecule has 0 radical (unpaired) electrons. The standard InChI is InChI=1S/C10H16N4S.HI/c1-7-6-13-9(15-7)4-5-12-10(11)14-8-2-3-8;/h6,8H,2-5H2,1H3,(H3,11,12,14);1H. The number of nitrogens with zero attached hydrogens (tertiary/aromatic N) is 2. The van der Waals surface area contributed by atoms with Crippen molar-refractivity contribution in [1.29, 1.82) is 0 Å². The predicted octanol–water partition coefficient (Wildman–Crippen LogP) is 1.68. The third-order valence-electron chi connectivity index (χ3n) is 2.21. The van der Waals surface area contributed by atoms with Gasteiger partial charge < -0.3 is 11.1 Å². The number of aryl methyl sites for hydroxylation is 1. The van der Waals surface area contributed by atoms with Crippen LogP contribution < -0.4 is 11.1 Å². The fourth-order valence-electron chi connectivity index (χ4n) is 1.27. The molecule has 0 saturated heterocycles. The highest BCUT2D eigenvalue weighted by molar-refractivity contribution is 14.0. The fourth-order valence-corrected chi connectivity index (χ4v) is 2.05. The lowest BCUT2D eigenvalue weighted by molar-refractivity contribution is 0.868. The molecule has 2 rings (SSSR count). The fraction of sp³-hybridized carbons (Fsp3) is 0.600. The van der Waals surface area contributed by atoms with E-state index in [-0.39, 0.29) is 24.0 Å². The van der Waals surface area contributed by atoms with E-state index in [4.69, 9.17) is 5.73 Å². The van der Waals surface area contributed by atoms with Crippen molar-refractivity contribution >= 4 is 41.3 Å². The molecule has 1 aromatic heterocycles. The van der Waals surface area contributed by atoms with Crippen LogP contribution in [0.5, 0.6) is 0 Å². The van der Waals surface area contributed by atoms with Crippen LogP contribution >= 0.6 is 35.3 Å². The van der Waals surface area contributed by atoms with Gasteiger partial charge in [0.1, 0.15) is 0 Å². The highest BCUT2D eigenvalue weighted by atomic mass is 127. The molecule has 1 saturated carbocycles. The quantitative estimate of drug-likeness (QED) is 0.492. The average Bonchev–Trinajstić information content (AvgIpc) is 2.89. The minimum absolute atomic E-state index is 0. The van der Waals surface area contributed by atoms with Crippen LogP contribution in [0.4, 0.5) is 0 Å². The lowest BCUT2D eigenvalue weighted by Crippen LogP contribution is -2.33. The van der Waals surface area contributed by atoms with E-state index in [1.807, 2.05) is 6.20 Å². The lowest BCUT2D eigenvalue weighted by atomic mass is 10.4. The van der Waals surface area contributed by atoms with Crippen molar-refractivity contribution in [3.63, 3.8) is 0 Å². The van der Waals surface area contributed by atoms with E-state index >= 15 is 0 Å². The summed E-state index contributed by atoms with van der Waals surface area (Å²) in [5.74, 6) is 0.575. The molecular formula is C10H17IN4S. The Kier molecular flexibility index (Phi) is 5.47. The molecule has 4 nitrogen and oxygen atoms in total. The van der Waals surface area contributed by atoms with Crippen molar-refractivity contribution in [1.82, 2.24) is 10.3 Å². The third-order valence-corrected chi connectivity index (χ3v) is 3.18. The van der Waals surface area contributed by atoms with Crippen molar-refractivity contribution in [2.75, 3.05) is 6.54 Å². The van der Waals surface area contributed by atoms with Crippen LogP contribution in [-0.4, -0.2) is 23.5 Å². The van der Waals surface area contributed by atoms with Gasteiger partial charge in [-0.2, -0.15) is 0 Å². The molecule has 0 atom stereocenters. The number of nitrogens with two attached hydrogens (primary N) is 1. The van der Waals surface area contributed by atoms with Gasteiger partial charge in [0.15, 0.2) is 5.96 Å². The minimum atomic E-state index is 0. The Morgan fingerprint density at radius 3 is 3.00 bits per heavy atom. The Morgan fingerprint density at radius 1 is 1.69 bits per heavy atom. The van der Waals surface area contributed by atoms with Crippen LogP contribution in [0, 0.1) is 6.92 Å². The molecule has 0 spiro atoms. The number of aromatic nitrogens is 1. The van der Waals surface area contributed by atoms with Crippen LogP contribution in [0.2, 0.25) is 0 Å². The first-order valence-corrected chi connectivity index (χ1v) is 6.03. The smallest absolute Gasteiger partial charge is 0.188 e. The van der Waals surface area contributed by atoms with Crippen LogP contribution in [0.15, 0.2) is 11.2 Å². The summed E-state index contributed by atoms with van der Waals surface area (Å²) in [7, 11) is 0. The summed E-state index contributed by atoms with van der Waals surface area (Å²) in [4.78, 5) is 9.78. The summed E-state index contributed by atoms with van der Waals surface area (Å²) in [5, 5.41) is 4.29. The zero-order valence-corrected chi connectivity index (χ0v) is 12.4. The predicted molar refractivity (Wildman–Crippen MR) is 78.6 cm³/mol. The van der Waals surface area contributed by atoms with E-state index in [0.29, 0.717) is 12.0 Å². The summed E-state index contributed by atoms with van der Waals surface area (Å²) in [6, 6.07) is 0.579. The second-order valence-corrected chi connectivity index (χ2v) is 5.12. The van der Waals surface area contributed by atoms with E-state index in [9.17, 15) is 0 Å². The molecule has 90 valence electrons. The van der Waals surface area contributed by atoms with Crippen molar-refractivity contribution < 1.29 is 0 Å². The first-order chi connectivity index (χ1) is 7.24. The van der Waals surface area contributed by atoms with Gasteiger partial charge in [-0.05, 0) is 19.8 Å². The number of hydrogen-bond acceptors (Lipinski definition) is 3. The molecule has 1 aliphatic carbocycles. The lowest BCUT2D eigenvalue weighted by Gasteiger charge is -2.01. The topological polar surface area (TPSA) is 63.3 Å². The maximum absolute atomic E-state index is 5.71. The Morgan fingerprint density at radius 2 is 2.44 bits per heavy atom. The van der Waals surface area contributed by atoms with Gasteiger partial charge in [-0.25, -0.2) is 4.98 Å². The van der Waals surface area contributed by atoms with Gasteiger partial charge in [-0.15, -0.1) is 35.3 Å². The molecular weight excluding hydrogens is 335 g/mol. The van der Waals surface area contributed by atoms with Gasteiger partial charge in [0.05, 0.1) is 5.01 Å². The average molecular weight is 352 g/mol. The second kappa shape index (κ2) is 6.39. The van der Waals surface area contributed by atoms with Crippen LogP contribution in [-0.2, 0) is 6.42 Å². The maximum atomic E-state index is 5.71. The number of aliphatic imine (C=N–C) groups is 1. The Labute approximate surface area is 117 Å². The molecule has 1 fully saturated rings. The van der Waals surface area contributed by atoms with Gasteiger partial charge >= 0.3 is 0 Å². The zero-order chi connectivity index (χ0) is 10.7. The molecule has 0 bridgehead atoms. The highest BCUT2D eigenvalue weighted by Crippen LogP contribution is 2.18. The molecule has 0 unspecified atom stereocenters.